The molecule has 0 bridgehead atoms. The molecule has 14 nitrogen and oxygen atoms in total. The summed E-state index contributed by atoms with van der Waals surface area (Å²) in [7, 11) is -4.46. The van der Waals surface area contributed by atoms with Crippen LogP contribution in [0, 0.1) is 0 Å². The number of rotatable bonds is 8. The molecule has 0 aromatic heterocycles. The van der Waals surface area contributed by atoms with E-state index < -0.39 is 125 Å². The molecule has 368 valence electrons. The Morgan fingerprint density at radius 3 is 1.00 bits per heavy atom. The number of esters is 2. The fourth-order valence-corrected chi connectivity index (χ4v) is 11.8. The van der Waals surface area contributed by atoms with Gasteiger partial charge in [-0.1, -0.05) is 77.9 Å². The van der Waals surface area contributed by atoms with E-state index in [1.54, 1.807) is 24.3 Å². The van der Waals surface area contributed by atoms with Crippen LogP contribution in [0.15, 0.2) is 60.7 Å². The van der Waals surface area contributed by atoms with Gasteiger partial charge in [0.1, 0.15) is 61.0 Å². The molecule has 0 amide bonds. The highest BCUT2D eigenvalue weighted by atomic mass is 28.4. The molecule has 0 radical (unpaired) electrons. The molecule has 2 aromatic carbocycles. The molecule has 2 unspecified atom stereocenters. The average Bonchev–Trinajstić information content (AvgIpc) is 3.91. The monoisotopic (exact) mass is 956 g/mol. The molecular weight excluding hydrogens is 881 g/mol. The van der Waals surface area contributed by atoms with Crippen LogP contribution in [-0.2, 0) is 56.2 Å². The van der Waals surface area contributed by atoms with E-state index in [1.165, 1.54) is 0 Å². The van der Waals surface area contributed by atoms with Gasteiger partial charge in [0.25, 0.3) is 0 Å². The molecule has 2 aliphatic carbocycles. The van der Waals surface area contributed by atoms with Crippen molar-refractivity contribution in [3.8, 4) is 0 Å². The molecule has 16 heteroatoms. The van der Waals surface area contributed by atoms with Crippen LogP contribution in [0.2, 0.25) is 36.3 Å². The first-order valence-corrected chi connectivity index (χ1v) is 29.3. The molecule has 0 spiro atoms. The van der Waals surface area contributed by atoms with Crippen LogP contribution in [0.5, 0.6) is 0 Å². The predicted molar refractivity (Wildman–Crippen MR) is 251 cm³/mol. The van der Waals surface area contributed by atoms with E-state index in [4.69, 9.17) is 56.2 Å². The van der Waals surface area contributed by atoms with Crippen molar-refractivity contribution in [2.45, 2.75) is 230 Å². The van der Waals surface area contributed by atoms with Crippen molar-refractivity contribution in [2.75, 3.05) is 0 Å². The zero-order valence-electron chi connectivity index (χ0n) is 42.4. The number of carbonyl (C=O) groups is 2. The summed E-state index contributed by atoms with van der Waals surface area (Å²) in [6.45, 7) is 36.9. The third kappa shape index (κ3) is 10.6. The molecule has 4 saturated heterocycles. The van der Waals surface area contributed by atoms with E-state index in [2.05, 4.69) is 67.7 Å². The fraction of sp³-hybridized carbons (Fsp3) is 0.720. The van der Waals surface area contributed by atoms with E-state index in [1.807, 2.05) is 91.8 Å². The van der Waals surface area contributed by atoms with Crippen LogP contribution in [0.3, 0.4) is 0 Å². The van der Waals surface area contributed by atoms with Crippen molar-refractivity contribution in [3.63, 3.8) is 0 Å². The molecule has 4 heterocycles. The summed E-state index contributed by atoms with van der Waals surface area (Å²) >= 11 is 0. The quantitative estimate of drug-likeness (QED) is 0.183. The molecule has 4 aliphatic heterocycles. The lowest BCUT2D eigenvalue weighted by molar-refractivity contribution is -0.183. The lowest BCUT2D eigenvalue weighted by atomic mass is 9.85. The molecule has 12 atom stereocenters. The molecule has 6 fully saturated rings. The molecule has 6 aliphatic rings. The summed E-state index contributed by atoms with van der Waals surface area (Å²) in [6, 6.07) is 17.9. The summed E-state index contributed by atoms with van der Waals surface area (Å²) in [5, 5.41) is -0.0484. The summed E-state index contributed by atoms with van der Waals surface area (Å²) in [6.07, 6.45) is -6.20. The maximum atomic E-state index is 13.2. The van der Waals surface area contributed by atoms with Gasteiger partial charge in [0.05, 0.1) is 11.1 Å². The topological polar surface area (TPSA) is 145 Å². The van der Waals surface area contributed by atoms with Gasteiger partial charge in [-0.15, -0.1) is 0 Å². The Balaban J connectivity index is 0.000000196. The fourth-order valence-electron chi connectivity index (χ4n) is 9.15. The largest absolute Gasteiger partial charge is 0.453 e. The first kappa shape index (κ1) is 51.3. The standard InChI is InChI=1S/2C25H38O7Si/c1-23(2,3)33(8,9)32-21-16(27-22(26)15-13-11-10-12-14-15)17-18(29-24(4,5)28-17)19-20(21)31-25(6,7)30-19;1-23(2,3)33(8,9)32-21-19-17(28-24(4,5)30-19)16(18-20(21)31-25(6,7)29-18)27-22(26)15-13-11-10-12-14-15/h2*10-14,16-21H,1-9H3/t16-,17-,18+,19-,20+,21+;16?,17-,18+,19+,20-,21?/m0./s1. The number of ether oxygens (including phenoxy) is 10. The Kier molecular flexibility index (Phi) is 13.7. The maximum Gasteiger partial charge on any atom is 0.338 e. The first-order valence-electron chi connectivity index (χ1n) is 23.5. The number of carbonyl (C=O) groups excluding carboxylic acids is 2. The molecule has 0 N–H and O–H groups in total. The molecule has 2 aromatic rings. The predicted octanol–water partition coefficient (Wildman–Crippen LogP) is 9.31. The van der Waals surface area contributed by atoms with E-state index >= 15 is 0 Å². The molecular formula is C50H76O14Si2. The maximum absolute atomic E-state index is 13.2. The summed E-state index contributed by atoms with van der Waals surface area (Å²) in [5.74, 6) is -4.22. The van der Waals surface area contributed by atoms with Gasteiger partial charge in [-0.3, -0.25) is 0 Å². The zero-order valence-corrected chi connectivity index (χ0v) is 44.4. The lowest BCUT2D eigenvalue weighted by Gasteiger charge is -2.47. The molecule has 2 saturated carbocycles. The van der Waals surface area contributed by atoms with Gasteiger partial charge in [-0.25, -0.2) is 9.59 Å². The van der Waals surface area contributed by atoms with Crippen molar-refractivity contribution in [1.29, 1.82) is 0 Å². The van der Waals surface area contributed by atoms with Crippen molar-refractivity contribution in [3.05, 3.63) is 71.8 Å². The Bertz CT molecular complexity index is 2010. The molecule has 66 heavy (non-hydrogen) atoms. The smallest absolute Gasteiger partial charge is 0.338 e. The Labute approximate surface area is 394 Å². The summed E-state index contributed by atoms with van der Waals surface area (Å²) in [4.78, 5) is 26.2. The van der Waals surface area contributed by atoms with Crippen molar-refractivity contribution < 1.29 is 65.8 Å². The minimum Gasteiger partial charge on any atom is -0.453 e. The second-order valence-electron chi connectivity index (χ2n) is 23.4. The Hall–Kier alpha value is -2.59. The number of fused-ring (bicyclic) bond motifs is 5. The number of benzene rings is 2. The SMILES string of the molecule is CC1(C)O[C@@H]2C(OC(=O)c3ccccc3)[C@@H]3OC(C)(C)O[C@H]3C(O[Si](C)(C)C(C)(C)C)[C@H]2O1.CC1(C)O[C@H]2[C@@H]3OC(C)(C)O[C@H]3[C@H](OC(=O)c3ccccc3)[C@@H](O[Si](C)(C)C(C)(C)C)[C@@H]2O1. The van der Waals surface area contributed by atoms with Gasteiger partial charge in [0.2, 0.25) is 0 Å². The normalized spacial score (nSPS) is 35.1. The number of hydrogen-bond donors (Lipinski definition) is 0. The van der Waals surface area contributed by atoms with E-state index in [0.29, 0.717) is 11.1 Å². The lowest BCUT2D eigenvalue weighted by Crippen LogP contribution is -2.65. The third-order valence-corrected chi connectivity index (χ3v) is 23.2. The minimum absolute atomic E-state index is 0.00141. The zero-order chi connectivity index (χ0) is 48.8. The van der Waals surface area contributed by atoms with Crippen molar-refractivity contribution in [2.24, 2.45) is 0 Å². The highest BCUT2D eigenvalue weighted by Gasteiger charge is 2.68. The van der Waals surface area contributed by atoms with Crippen LogP contribution >= 0.6 is 0 Å². The first-order chi connectivity index (χ1) is 30.2. The van der Waals surface area contributed by atoms with Crippen LogP contribution in [0.1, 0.15) is 118 Å². The van der Waals surface area contributed by atoms with E-state index in [9.17, 15) is 9.59 Å². The third-order valence-electron chi connectivity index (χ3n) is 14.2. The minimum atomic E-state index is -2.27. The van der Waals surface area contributed by atoms with Crippen LogP contribution in [0.25, 0.3) is 0 Å². The second-order valence-corrected chi connectivity index (χ2v) is 32.9. The second kappa shape index (κ2) is 17.7. The van der Waals surface area contributed by atoms with Gasteiger partial charge < -0.3 is 56.2 Å². The van der Waals surface area contributed by atoms with Gasteiger partial charge in [0, 0.05) is 0 Å². The Morgan fingerprint density at radius 2 is 0.667 bits per heavy atom. The van der Waals surface area contributed by atoms with Crippen LogP contribution < -0.4 is 0 Å². The van der Waals surface area contributed by atoms with Crippen LogP contribution in [-0.4, -0.2) is 125 Å². The summed E-state index contributed by atoms with van der Waals surface area (Å²) < 4.78 is 76.6. The van der Waals surface area contributed by atoms with Gasteiger partial charge >= 0.3 is 11.9 Å². The number of hydrogen-bond acceptors (Lipinski definition) is 14. The summed E-state index contributed by atoms with van der Waals surface area (Å²) in [5.41, 5.74) is 0.950. The van der Waals surface area contributed by atoms with E-state index in [-0.39, 0.29) is 10.1 Å². The Morgan fingerprint density at radius 1 is 0.409 bits per heavy atom. The van der Waals surface area contributed by atoms with Gasteiger partial charge in [0.15, 0.2) is 52.0 Å². The van der Waals surface area contributed by atoms with Crippen molar-refractivity contribution >= 4 is 28.6 Å². The van der Waals surface area contributed by atoms with E-state index in [0.717, 1.165) is 0 Å². The molecule has 8 rings (SSSR count). The van der Waals surface area contributed by atoms with Crippen LogP contribution in [0.4, 0.5) is 0 Å². The highest BCUT2D eigenvalue weighted by Crippen LogP contribution is 2.51. The average molecular weight is 957 g/mol. The van der Waals surface area contributed by atoms with Gasteiger partial charge in [-0.05, 0) is 116 Å². The highest BCUT2D eigenvalue weighted by molar-refractivity contribution is 6.74. The van der Waals surface area contributed by atoms with Crippen molar-refractivity contribution in [1.82, 2.24) is 0 Å². The van der Waals surface area contributed by atoms with Gasteiger partial charge in [-0.2, -0.15) is 0 Å².